The molecule has 0 aliphatic heterocycles. The average molecular weight is 192 g/mol. The number of nitrogens with two attached hydrogens (primary N) is 1. The summed E-state index contributed by atoms with van der Waals surface area (Å²) in [5.74, 6) is 0.834. The van der Waals surface area contributed by atoms with Crippen LogP contribution in [0.1, 0.15) is 30.5 Å². The van der Waals surface area contributed by atoms with Gasteiger partial charge in [0, 0.05) is 12.3 Å². The highest BCUT2D eigenvalue weighted by Crippen LogP contribution is 2.33. The second-order valence-electron chi connectivity index (χ2n) is 4.19. The summed E-state index contributed by atoms with van der Waals surface area (Å²) in [7, 11) is 0. The Kier molecular flexibility index (Phi) is 2.42. The Morgan fingerprint density at radius 3 is 3.14 bits per heavy atom. The number of rotatable bonds is 1. The van der Waals surface area contributed by atoms with Crippen molar-refractivity contribution in [2.75, 3.05) is 12.3 Å². The number of nitrogen functional groups attached to an aromatic ring is 1. The van der Waals surface area contributed by atoms with E-state index < -0.39 is 0 Å². The van der Waals surface area contributed by atoms with Gasteiger partial charge in [-0.05, 0) is 36.3 Å². The van der Waals surface area contributed by atoms with E-state index in [1.165, 1.54) is 5.56 Å². The van der Waals surface area contributed by atoms with Gasteiger partial charge < -0.3 is 10.8 Å². The van der Waals surface area contributed by atoms with Gasteiger partial charge in [0.15, 0.2) is 0 Å². The predicted octanol–water partition coefficient (Wildman–Crippen LogP) is 1.32. The first-order valence-electron chi connectivity index (χ1n) is 5.06. The summed E-state index contributed by atoms with van der Waals surface area (Å²) in [5, 5.41) is 9.14. The van der Waals surface area contributed by atoms with Gasteiger partial charge in [-0.15, -0.1) is 0 Å². The quantitative estimate of drug-likeness (QED) is 0.705. The standard InChI is InChI=1S/C11H16N2O/c1-7-2-8(6-14)3-11-10(7)4-9(12)5-13-11/h4-5,7-8,14H,2-3,6,12H2,1H3. The summed E-state index contributed by atoms with van der Waals surface area (Å²) in [4.78, 5) is 4.33. The molecule has 0 amide bonds. The van der Waals surface area contributed by atoms with Crippen molar-refractivity contribution >= 4 is 5.69 Å². The third-order valence-corrected chi connectivity index (χ3v) is 2.98. The molecule has 0 radical (unpaired) electrons. The minimum absolute atomic E-state index is 0.260. The lowest BCUT2D eigenvalue weighted by atomic mass is 9.80. The van der Waals surface area contributed by atoms with Crippen LogP contribution >= 0.6 is 0 Å². The maximum Gasteiger partial charge on any atom is 0.0503 e. The molecule has 14 heavy (non-hydrogen) atoms. The molecule has 0 saturated heterocycles. The Bertz CT molecular complexity index is 338. The summed E-state index contributed by atoms with van der Waals surface area (Å²) in [6, 6.07) is 2.01. The molecule has 0 bridgehead atoms. The maximum absolute atomic E-state index is 9.14. The number of aliphatic hydroxyl groups is 1. The number of nitrogens with zero attached hydrogens (tertiary/aromatic N) is 1. The van der Waals surface area contributed by atoms with Crippen molar-refractivity contribution < 1.29 is 5.11 Å². The normalized spacial score (nSPS) is 25.9. The van der Waals surface area contributed by atoms with Crippen molar-refractivity contribution in [2.24, 2.45) is 5.92 Å². The monoisotopic (exact) mass is 192 g/mol. The number of pyridine rings is 1. The minimum Gasteiger partial charge on any atom is -0.397 e. The summed E-state index contributed by atoms with van der Waals surface area (Å²) in [6.45, 7) is 2.43. The molecule has 3 N–H and O–H groups in total. The number of fused-ring (bicyclic) bond motifs is 1. The molecule has 3 nitrogen and oxygen atoms in total. The average Bonchev–Trinajstić information content (AvgIpc) is 2.19. The number of hydrogen-bond donors (Lipinski definition) is 2. The molecule has 1 aliphatic carbocycles. The fourth-order valence-corrected chi connectivity index (χ4v) is 2.25. The van der Waals surface area contributed by atoms with Gasteiger partial charge in [0.25, 0.3) is 0 Å². The topological polar surface area (TPSA) is 59.1 Å². The lowest BCUT2D eigenvalue weighted by Gasteiger charge is -2.27. The van der Waals surface area contributed by atoms with Crippen LogP contribution < -0.4 is 5.73 Å². The first-order chi connectivity index (χ1) is 6.70. The van der Waals surface area contributed by atoms with Gasteiger partial charge in [0.2, 0.25) is 0 Å². The third-order valence-electron chi connectivity index (χ3n) is 2.98. The molecule has 0 fully saturated rings. The highest BCUT2D eigenvalue weighted by Gasteiger charge is 2.24. The minimum atomic E-state index is 0.260. The van der Waals surface area contributed by atoms with Crippen LogP contribution in [0.4, 0.5) is 5.69 Å². The molecular weight excluding hydrogens is 176 g/mol. The smallest absolute Gasteiger partial charge is 0.0503 e. The van der Waals surface area contributed by atoms with E-state index in [4.69, 9.17) is 10.8 Å². The van der Waals surface area contributed by atoms with Gasteiger partial charge in [-0.3, -0.25) is 4.98 Å². The number of hydrogen-bond acceptors (Lipinski definition) is 3. The van der Waals surface area contributed by atoms with Gasteiger partial charge >= 0.3 is 0 Å². The number of aliphatic hydroxyl groups excluding tert-OH is 1. The van der Waals surface area contributed by atoms with Crippen molar-refractivity contribution in [3.63, 3.8) is 0 Å². The number of anilines is 1. The molecule has 2 atom stereocenters. The largest absolute Gasteiger partial charge is 0.397 e. The highest BCUT2D eigenvalue weighted by atomic mass is 16.3. The molecule has 2 unspecified atom stereocenters. The van der Waals surface area contributed by atoms with Gasteiger partial charge in [0.1, 0.15) is 0 Å². The Hall–Kier alpha value is -1.09. The van der Waals surface area contributed by atoms with E-state index in [1.807, 2.05) is 6.07 Å². The van der Waals surface area contributed by atoms with Gasteiger partial charge in [-0.25, -0.2) is 0 Å². The van der Waals surface area contributed by atoms with Crippen LogP contribution in [-0.2, 0) is 6.42 Å². The molecule has 76 valence electrons. The van der Waals surface area contributed by atoms with Gasteiger partial charge in [0.05, 0.1) is 11.9 Å². The maximum atomic E-state index is 9.14. The fourth-order valence-electron chi connectivity index (χ4n) is 2.25. The van der Waals surface area contributed by atoms with Crippen LogP contribution in [-0.4, -0.2) is 16.7 Å². The summed E-state index contributed by atoms with van der Waals surface area (Å²) in [5.41, 5.74) is 8.80. The number of aromatic nitrogens is 1. The van der Waals surface area contributed by atoms with E-state index in [0.717, 1.165) is 24.2 Å². The molecule has 1 aromatic rings. The first kappa shape index (κ1) is 9.46. The Balaban J connectivity index is 2.35. The van der Waals surface area contributed by atoms with Crippen LogP contribution in [0.5, 0.6) is 0 Å². The van der Waals surface area contributed by atoms with Crippen LogP contribution in [0.2, 0.25) is 0 Å². The lowest BCUT2D eigenvalue weighted by molar-refractivity contribution is 0.204. The van der Waals surface area contributed by atoms with Crippen molar-refractivity contribution in [3.8, 4) is 0 Å². The second kappa shape index (κ2) is 3.58. The van der Waals surface area contributed by atoms with Crippen LogP contribution in [0.3, 0.4) is 0 Å². The van der Waals surface area contributed by atoms with Crippen molar-refractivity contribution in [1.29, 1.82) is 0 Å². The SMILES string of the molecule is CC1CC(CO)Cc2ncc(N)cc21. The Morgan fingerprint density at radius 2 is 2.43 bits per heavy atom. The van der Waals surface area contributed by atoms with E-state index in [0.29, 0.717) is 11.8 Å². The van der Waals surface area contributed by atoms with Crippen molar-refractivity contribution in [1.82, 2.24) is 4.98 Å². The first-order valence-corrected chi connectivity index (χ1v) is 5.06. The molecule has 1 aromatic heterocycles. The van der Waals surface area contributed by atoms with Crippen LogP contribution in [0.25, 0.3) is 0 Å². The Labute approximate surface area is 84.0 Å². The van der Waals surface area contributed by atoms with E-state index in [9.17, 15) is 0 Å². The molecular formula is C11H16N2O. The summed E-state index contributed by atoms with van der Waals surface area (Å²) < 4.78 is 0. The summed E-state index contributed by atoms with van der Waals surface area (Å²) in [6.07, 6.45) is 3.62. The van der Waals surface area contributed by atoms with E-state index in [1.54, 1.807) is 6.20 Å². The van der Waals surface area contributed by atoms with Gasteiger partial charge in [-0.1, -0.05) is 6.92 Å². The molecule has 0 aromatic carbocycles. The molecule has 0 saturated carbocycles. The summed E-state index contributed by atoms with van der Waals surface area (Å²) >= 11 is 0. The van der Waals surface area contributed by atoms with Crippen LogP contribution in [0.15, 0.2) is 12.3 Å². The van der Waals surface area contributed by atoms with Crippen LogP contribution in [0, 0.1) is 5.92 Å². The van der Waals surface area contributed by atoms with Gasteiger partial charge in [-0.2, -0.15) is 0 Å². The zero-order valence-corrected chi connectivity index (χ0v) is 8.40. The van der Waals surface area contributed by atoms with Crippen molar-refractivity contribution in [3.05, 3.63) is 23.5 Å². The highest BCUT2D eigenvalue weighted by molar-refractivity contribution is 5.42. The molecule has 1 aliphatic rings. The second-order valence-corrected chi connectivity index (χ2v) is 4.19. The zero-order valence-electron chi connectivity index (χ0n) is 8.40. The molecule has 1 heterocycles. The van der Waals surface area contributed by atoms with Crippen molar-refractivity contribution in [2.45, 2.75) is 25.7 Å². The third kappa shape index (κ3) is 1.60. The molecule has 3 heteroatoms. The molecule has 0 spiro atoms. The van der Waals surface area contributed by atoms with E-state index in [-0.39, 0.29) is 6.61 Å². The van der Waals surface area contributed by atoms with E-state index >= 15 is 0 Å². The predicted molar refractivity (Wildman–Crippen MR) is 56.0 cm³/mol. The molecule has 2 rings (SSSR count). The Morgan fingerprint density at radius 1 is 1.64 bits per heavy atom. The fraction of sp³-hybridized carbons (Fsp3) is 0.545. The van der Waals surface area contributed by atoms with E-state index in [2.05, 4.69) is 11.9 Å². The lowest BCUT2D eigenvalue weighted by Crippen LogP contribution is -2.21. The zero-order chi connectivity index (χ0) is 10.1.